The molecule has 0 aliphatic heterocycles. The van der Waals surface area contributed by atoms with E-state index in [9.17, 15) is 19.6 Å². The first-order valence-corrected chi connectivity index (χ1v) is 7.13. The number of Topliss-reactive ketones (excluding diaryl/α,β-unsaturated/α-hetero) is 1. The van der Waals surface area contributed by atoms with Crippen LogP contribution < -0.4 is 17.0 Å². The van der Waals surface area contributed by atoms with Crippen molar-refractivity contribution < 1.29 is 4.79 Å². The van der Waals surface area contributed by atoms with Gasteiger partial charge < -0.3 is 5.73 Å². The molecule has 0 saturated heterocycles. The van der Waals surface area contributed by atoms with Gasteiger partial charge in [0.2, 0.25) is 5.78 Å². The fourth-order valence-electron chi connectivity index (χ4n) is 2.12. The molecule has 1 aromatic heterocycles. The minimum absolute atomic E-state index is 0.291. The van der Waals surface area contributed by atoms with Crippen LogP contribution >= 0.6 is 11.6 Å². The lowest BCUT2D eigenvalue weighted by Gasteiger charge is -2.10. The standard InChI is InChI=1S/C16H13ClN4O3/c1-20-14(19)12(15(23)21(2)16(20)24)13(22)10(8-18)6-9-4-3-5-11(17)7-9/h3-7H,19H2,1-2H3/b10-6+. The monoisotopic (exact) mass is 344 g/mol. The average Bonchev–Trinajstić information content (AvgIpc) is 2.56. The number of benzene rings is 1. The van der Waals surface area contributed by atoms with Crippen molar-refractivity contribution in [2.45, 2.75) is 0 Å². The first-order chi connectivity index (χ1) is 11.3. The molecule has 0 radical (unpaired) electrons. The number of hydrogen-bond donors (Lipinski definition) is 1. The smallest absolute Gasteiger partial charge is 0.332 e. The van der Waals surface area contributed by atoms with Crippen LogP contribution in [0, 0.1) is 11.3 Å². The number of ketones is 1. The lowest BCUT2D eigenvalue weighted by Crippen LogP contribution is -2.41. The fourth-order valence-corrected chi connectivity index (χ4v) is 2.32. The molecule has 2 aromatic rings. The predicted octanol–water partition coefficient (Wildman–Crippen LogP) is 1.11. The highest BCUT2D eigenvalue weighted by Crippen LogP contribution is 2.16. The first kappa shape index (κ1) is 17.2. The number of anilines is 1. The first-order valence-electron chi connectivity index (χ1n) is 6.75. The number of carbonyl (C=O) groups is 1. The Morgan fingerprint density at radius 3 is 2.54 bits per heavy atom. The number of carbonyl (C=O) groups excluding carboxylic acids is 1. The number of halogens is 1. The third-order valence-electron chi connectivity index (χ3n) is 3.46. The molecule has 0 unspecified atom stereocenters. The van der Waals surface area contributed by atoms with E-state index >= 15 is 0 Å². The van der Waals surface area contributed by atoms with Crippen LogP contribution in [-0.2, 0) is 14.1 Å². The van der Waals surface area contributed by atoms with Gasteiger partial charge in [-0.25, -0.2) is 4.79 Å². The molecule has 2 N–H and O–H groups in total. The van der Waals surface area contributed by atoms with E-state index in [2.05, 4.69) is 0 Å². The van der Waals surface area contributed by atoms with Gasteiger partial charge in [0, 0.05) is 19.1 Å². The van der Waals surface area contributed by atoms with Crippen molar-refractivity contribution in [3.63, 3.8) is 0 Å². The second kappa shape index (κ2) is 6.56. The molecule has 0 bridgehead atoms. The Morgan fingerprint density at radius 1 is 1.29 bits per heavy atom. The normalized spacial score (nSPS) is 11.2. The molecule has 1 aromatic carbocycles. The van der Waals surface area contributed by atoms with Crippen LogP contribution in [-0.4, -0.2) is 14.9 Å². The topological polar surface area (TPSA) is 111 Å². The van der Waals surface area contributed by atoms with E-state index in [4.69, 9.17) is 17.3 Å². The second-order valence-electron chi connectivity index (χ2n) is 5.02. The summed E-state index contributed by atoms with van der Waals surface area (Å²) in [5.74, 6) is -1.15. The van der Waals surface area contributed by atoms with Gasteiger partial charge in [-0.3, -0.25) is 18.7 Å². The Labute approximate surface area is 141 Å². The molecule has 1 heterocycles. The van der Waals surface area contributed by atoms with Crippen LogP contribution in [0.5, 0.6) is 0 Å². The van der Waals surface area contributed by atoms with E-state index in [1.54, 1.807) is 30.3 Å². The molecule has 2 rings (SSSR count). The van der Waals surface area contributed by atoms with E-state index < -0.39 is 22.6 Å². The number of hydrogen-bond acceptors (Lipinski definition) is 5. The third-order valence-corrected chi connectivity index (χ3v) is 3.70. The van der Waals surface area contributed by atoms with Crippen LogP contribution in [0.2, 0.25) is 5.02 Å². The highest BCUT2D eigenvalue weighted by atomic mass is 35.5. The highest BCUT2D eigenvalue weighted by molar-refractivity contribution is 6.30. The minimum atomic E-state index is -0.855. The summed E-state index contributed by atoms with van der Waals surface area (Å²) in [6.07, 6.45) is 1.30. The quantitative estimate of drug-likeness (QED) is 0.509. The molecule has 0 amide bonds. The van der Waals surface area contributed by atoms with E-state index in [-0.39, 0.29) is 11.4 Å². The molecule has 0 saturated carbocycles. The van der Waals surface area contributed by atoms with Crippen molar-refractivity contribution in [2.75, 3.05) is 5.73 Å². The summed E-state index contributed by atoms with van der Waals surface area (Å²) in [6.45, 7) is 0. The molecular formula is C16H13ClN4O3. The minimum Gasteiger partial charge on any atom is -0.384 e. The molecule has 24 heavy (non-hydrogen) atoms. The third kappa shape index (κ3) is 3.00. The summed E-state index contributed by atoms with van der Waals surface area (Å²) in [5.41, 5.74) is 4.03. The summed E-state index contributed by atoms with van der Waals surface area (Å²) in [7, 11) is 2.56. The maximum Gasteiger partial charge on any atom is 0.332 e. The van der Waals surface area contributed by atoms with Gasteiger partial charge >= 0.3 is 5.69 Å². The van der Waals surface area contributed by atoms with E-state index in [1.165, 1.54) is 20.2 Å². The molecule has 7 nitrogen and oxygen atoms in total. The molecule has 0 fully saturated rings. The van der Waals surface area contributed by atoms with E-state index in [1.807, 2.05) is 0 Å². The molecule has 0 aliphatic rings. The van der Waals surface area contributed by atoms with Gasteiger partial charge in [-0.05, 0) is 23.8 Å². The summed E-state index contributed by atoms with van der Waals surface area (Å²) in [5, 5.41) is 9.71. The van der Waals surface area contributed by atoms with Crippen LogP contribution in [0.25, 0.3) is 6.08 Å². The zero-order chi connectivity index (χ0) is 18.0. The lowest BCUT2D eigenvalue weighted by atomic mass is 10.0. The number of nitriles is 1. The molecular weight excluding hydrogens is 332 g/mol. The van der Waals surface area contributed by atoms with Crippen LogP contribution in [0.3, 0.4) is 0 Å². The lowest BCUT2D eigenvalue weighted by molar-refractivity contribution is 0.103. The van der Waals surface area contributed by atoms with Crippen molar-refractivity contribution in [3.05, 3.63) is 66.8 Å². The van der Waals surface area contributed by atoms with Crippen molar-refractivity contribution in [1.82, 2.24) is 9.13 Å². The van der Waals surface area contributed by atoms with Gasteiger partial charge in [-0.15, -0.1) is 0 Å². The van der Waals surface area contributed by atoms with Crippen molar-refractivity contribution in [1.29, 1.82) is 5.26 Å². The van der Waals surface area contributed by atoms with E-state index in [0.29, 0.717) is 10.6 Å². The average molecular weight is 345 g/mol. The number of allylic oxidation sites excluding steroid dienone is 1. The van der Waals surface area contributed by atoms with Crippen LogP contribution in [0.1, 0.15) is 15.9 Å². The van der Waals surface area contributed by atoms with Gasteiger partial charge in [0.05, 0.1) is 0 Å². The Balaban J connectivity index is 2.66. The van der Waals surface area contributed by atoms with Crippen molar-refractivity contribution in [3.8, 4) is 6.07 Å². The van der Waals surface area contributed by atoms with Crippen LogP contribution in [0.15, 0.2) is 39.4 Å². The van der Waals surface area contributed by atoms with Crippen molar-refractivity contribution in [2.24, 2.45) is 14.1 Å². The fraction of sp³-hybridized carbons (Fsp3) is 0.125. The predicted molar refractivity (Wildman–Crippen MR) is 90.7 cm³/mol. The van der Waals surface area contributed by atoms with Gasteiger partial charge in [0.15, 0.2) is 0 Å². The molecule has 8 heteroatoms. The number of rotatable bonds is 3. The Hall–Kier alpha value is -3.11. The molecule has 0 atom stereocenters. The summed E-state index contributed by atoms with van der Waals surface area (Å²) in [6, 6.07) is 8.28. The number of nitrogens with two attached hydrogens (primary N) is 1. The van der Waals surface area contributed by atoms with Crippen molar-refractivity contribution >= 4 is 29.3 Å². The summed E-state index contributed by atoms with van der Waals surface area (Å²) < 4.78 is 1.74. The Kier molecular flexibility index (Phi) is 4.71. The molecule has 0 aliphatic carbocycles. The zero-order valence-corrected chi connectivity index (χ0v) is 13.7. The zero-order valence-electron chi connectivity index (χ0n) is 12.9. The maximum absolute atomic E-state index is 12.6. The summed E-state index contributed by atoms with van der Waals surface area (Å²) in [4.78, 5) is 36.6. The number of nitrogen functional groups attached to an aromatic ring is 1. The highest BCUT2D eigenvalue weighted by Gasteiger charge is 2.23. The Morgan fingerprint density at radius 2 is 1.96 bits per heavy atom. The Bertz CT molecular complexity index is 1030. The van der Waals surface area contributed by atoms with Gasteiger partial charge in [0.1, 0.15) is 23.0 Å². The van der Waals surface area contributed by atoms with E-state index in [0.717, 1.165) is 9.13 Å². The summed E-state index contributed by atoms with van der Waals surface area (Å²) >= 11 is 5.87. The van der Waals surface area contributed by atoms with Crippen LogP contribution in [0.4, 0.5) is 5.82 Å². The number of nitrogens with zero attached hydrogens (tertiary/aromatic N) is 3. The largest absolute Gasteiger partial charge is 0.384 e. The van der Waals surface area contributed by atoms with Gasteiger partial charge in [0.25, 0.3) is 5.56 Å². The molecule has 122 valence electrons. The molecule has 0 spiro atoms. The maximum atomic E-state index is 12.6. The second-order valence-corrected chi connectivity index (χ2v) is 5.46. The SMILES string of the molecule is Cn1c(N)c(C(=O)/C(C#N)=C/c2cccc(Cl)c2)c(=O)n(C)c1=O. The van der Waals surface area contributed by atoms with Gasteiger partial charge in [-0.1, -0.05) is 23.7 Å². The number of aromatic nitrogens is 2. The van der Waals surface area contributed by atoms with Gasteiger partial charge in [-0.2, -0.15) is 5.26 Å².